The molecule has 11 aromatic rings. The third kappa shape index (κ3) is 5.78. The number of phenolic OH excluding ortho intramolecular Hbond substituents is 1. The Kier molecular flexibility index (Phi) is 8.02. The van der Waals surface area contributed by atoms with Gasteiger partial charge in [0.1, 0.15) is 22.5 Å². The third-order valence-corrected chi connectivity index (χ3v) is 11.4. The lowest BCUT2D eigenvalue weighted by atomic mass is 9.99. The van der Waals surface area contributed by atoms with E-state index >= 15 is 0 Å². The number of phenols is 1. The highest BCUT2D eigenvalue weighted by molar-refractivity contribution is 6.23. The van der Waals surface area contributed by atoms with E-state index in [0.717, 1.165) is 105 Å². The third-order valence-electron chi connectivity index (χ3n) is 11.4. The Morgan fingerprint density at radius 3 is 1.75 bits per heavy atom. The maximum Gasteiger partial charge on any atom is 0.159 e. The number of para-hydroxylation sites is 3. The standard InChI is InChI=1S/C54H38N2O3/c1-34-13-9-16-37(29-34)55(47-24-12-23-45-43-21-6-8-26-50(43)59-54(45)47)40-27-28-51-46(32-40)53-44-22-4-3-20-42(44)48(33-52(53)58-51)56(38-17-10-14-35(2)30-38)39-18-11-15-36(31-39)41-19-5-7-25-49(41)57/h3-33,57H,1-2H3. The molecule has 5 nitrogen and oxygen atoms in total. The average molecular weight is 763 g/mol. The molecule has 0 radical (unpaired) electrons. The summed E-state index contributed by atoms with van der Waals surface area (Å²) in [6.45, 7) is 4.24. The van der Waals surface area contributed by atoms with Crippen LogP contribution in [0.3, 0.4) is 0 Å². The first-order valence-electron chi connectivity index (χ1n) is 19.9. The van der Waals surface area contributed by atoms with Crippen LogP contribution in [-0.2, 0) is 0 Å². The van der Waals surface area contributed by atoms with Crippen molar-refractivity contribution in [3.05, 3.63) is 199 Å². The molecule has 2 heterocycles. The molecule has 9 aromatic carbocycles. The highest BCUT2D eigenvalue weighted by Crippen LogP contribution is 2.48. The van der Waals surface area contributed by atoms with Crippen LogP contribution >= 0.6 is 0 Å². The van der Waals surface area contributed by atoms with Gasteiger partial charge in [0.15, 0.2) is 5.58 Å². The van der Waals surface area contributed by atoms with E-state index in [1.54, 1.807) is 6.07 Å². The number of benzene rings is 9. The van der Waals surface area contributed by atoms with Crippen LogP contribution in [0.4, 0.5) is 34.1 Å². The molecule has 0 unspecified atom stereocenters. The van der Waals surface area contributed by atoms with Crippen LogP contribution < -0.4 is 9.80 Å². The Morgan fingerprint density at radius 1 is 0.390 bits per heavy atom. The van der Waals surface area contributed by atoms with Gasteiger partial charge in [0.2, 0.25) is 0 Å². The lowest BCUT2D eigenvalue weighted by Gasteiger charge is -2.28. The SMILES string of the molecule is Cc1cccc(N(c2cccc(-c3ccccc3O)c2)c2cc3oc4ccc(N(c5cccc(C)c5)c5cccc6c5oc5ccccc56)cc4c3c3ccccc23)c1. The summed E-state index contributed by atoms with van der Waals surface area (Å²) in [5.41, 5.74) is 13.3. The van der Waals surface area contributed by atoms with Gasteiger partial charge in [-0.3, -0.25) is 0 Å². The first kappa shape index (κ1) is 34.5. The summed E-state index contributed by atoms with van der Waals surface area (Å²) in [5.74, 6) is 0.246. The molecule has 0 aliphatic heterocycles. The van der Waals surface area contributed by atoms with Crippen molar-refractivity contribution < 1.29 is 13.9 Å². The second-order valence-electron chi connectivity index (χ2n) is 15.3. The molecular formula is C54H38N2O3. The smallest absolute Gasteiger partial charge is 0.159 e. The Bertz CT molecular complexity index is 3410. The number of hydrogen-bond acceptors (Lipinski definition) is 5. The minimum Gasteiger partial charge on any atom is -0.507 e. The molecule has 0 saturated heterocycles. The van der Waals surface area contributed by atoms with Crippen LogP contribution in [0.2, 0.25) is 0 Å². The van der Waals surface area contributed by atoms with E-state index in [-0.39, 0.29) is 5.75 Å². The van der Waals surface area contributed by atoms with Crippen molar-refractivity contribution in [1.82, 2.24) is 0 Å². The maximum absolute atomic E-state index is 10.8. The minimum absolute atomic E-state index is 0.246. The van der Waals surface area contributed by atoms with Gasteiger partial charge < -0.3 is 23.7 Å². The Morgan fingerprint density at radius 2 is 0.983 bits per heavy atom. The summed E-state index contributed by atoms with van der Waals surface area (Å²) in [7, 11) is 0. The number of aromatic hydroxyl groups is 1. The van der Waals surface area contributed by atoms with Crippen molar-refractivity contribution in [2.24, 2.45) is 0 Å². The van der Waals surface area contributed by atoms with Crippen LogP contribution in [0.25, 0.3) is 65.8 Å². The van der Waals surface area contributed by atoms with Gasteiger partial charge in [0.25, 0.3) is 0 Å². The van der Waals surface area contributed by atoms with Gasteiger partial charge in [-0.15, -0.1) is 0 Å². The monoisotopic (exact) mass is 762 g/mol. The van der Waals surface area contributed by atoms with Crippen molar-refractivity contribution in [3.63, 3.8) is 0 Å². The molecule has 282 valence electrons. The molecule has 0 saturated carbocycles. The van der Waals surface area contributed by atoms with Crippen LogP contribution in [0.5, 0.6) is 5.75 Å². The fourth-order valence-electron chi connectivity index (χ4n) is 8.76. The summed E-state index contributed by atoms with van der Waals surface area (Å²) >= 11 is 0. The molecule has 5 heteroatoms. The van der Waals surface area contributed by atoms with Gasteiger partial charge in [0.05, 0.1) is 11.4 Å². The molecule has 0 aliphatic carbocycles. The topological polar surface area (TPSA) is 53.0 Å². The van der Waals surface area contributed by atoms with Crippen LogP contribution in [0.1, 0.15) is 11.1 Å². The number of hydrogen-bond donors (Lipinski definition) is 1. The number of fused-ring (bicyclic) bond motifs is 8. The first-order valence-corrected chi connectivity index (χ1v) is 19.9. The maximum atomic E-state index is 10.8. The Hall–Kier alpha value is -7.76. The lowest BCUT2D eigenvalue weighted by molar-refractivity contribution is 0.477. The van der Waals surface area contributed by atoms with E-state index in [9.17, 15) is 5.11 Å². The van der Waals surface area contributed by atoms with Crippen LogP contribution in [-0.4, -0.2) is 5.11 Å². The minimum atomic E-state index is 0.246. The average Bonchev–Trinajstić information content (AvgIpc) is 3.83. The summed E-state index contributed by atoms with van der Waals surface area (Å²) in [4.78, 5) is 4.59. The molecule has 0 atom stereocenters. The molecule has 0 bridgehead atoms. The second-order valence-corrected chi connectivity index (χ2v) is 15.3. The molecule has 2 aromatic heterocycles. The summed E-state index contributed by atoms with van der Waals surface area (Å²) in [5, 5.41) is 17.3. The second kappa shape index (κ2) is 13.7. The number of rotatable bonds is 7. The molecule has 1 N–H and O–H groups in total. The zero-order valence-corrected chi connectivity index (χ0v) is 32.6. The lowest BCUT2D eigenvalue weighted by Crippen LogP contribution is -2.11. The van der Waals surface area contributed by atoms with E-state index in [4.69, 9.17) is 8.83 Å². The number of furan rings is 2. The predicted octanol–water partition coefficient (Wildman–Crippen LogP) is 15.6. The summed E-state index contributed by atoms with van der Waals surface area (Å²) in [6.07, 6.45) is 0. The van der Waals surface area contributed by atoms with E-state index in [2.05, 4.69) is 169 Å². The van der Waals surface area contributed by atoms with Gasteiger partial charge in [-0.2, -0.15) is 0 Å². The van der Waals surface area contributed by atoms with Crippen molar-refractivity contribution in [2.45, 2.75) is 13.8 Å². The Labute approximate surface area is 341 Å². The van der Waals surface area contributed by atoms with Gasteiger partial charge in [0, 0.05) is 61.3 Å². The van der Waals surface area contributed by atoms with Gasteiger partial charge in [-0.1, -0.05) is 109 Å². The predicted molar refractivity (Wildman–Crippen MR) is 244 cm³/mol. The summed E-state index contributed by atoms with van der Waals surface area (Å²) in [6, 6.07) is 64.9. The zero-order valence-electron chi connectivity index (χ0n) is 32.6. The van der Waals surface area contributed by atoms with Crippen molar-refractivity contribution in [1.29, 1.82) is 0 Å². The fraction of sp³-hybridized carbons (Fsp3) is 0.0370. The zero-order chi connectivity index (χ0) is 39.6. The molecular weight excluding hydrogens is 725 g/mol. The van der Waals surface area contributed by atoms with E-state index in [1.807, 2.05) is 36.4 Å². The number of aryl methyl sites for hydroxylation is 2. The molecule has 11 rings (SSSR count). The van der Waals surface area contributed by atoms with Crippen LogP contribution in [0, 0.1) is 13.8 Å². The number of anilines is 6. The highest BCUT2D eigenvalue weighted by Gasteiger charge is 2.24. The van der Waals surface area contributed by atoms with Crippen molar-refractivity contribution in [3.8, 4) is 16.9 Å². The van der Waals surface area contributed by atoms with E-state index in [0.29, 0.717) is 0 Å². The molecule has 0 spiro atoms. The molecule has 0 amide bonds. The largest absolute Gasteiger partial charge is 0.507 e. The van der Waals surface area contributed by atoms with E-state index in [1.165, 1.54) is 5.56 Å². The molecule has 0 fully saturated rings. The first-order chi connectivity index (χ1) is 29.0. The fourth-order valence-corrected chi connectivity index (χ4v) is 8.76. The van der Waals surface area contributed by atoms with Crippen molar-refractivity contribution >= 4 is 88.8 Å². The summed E-state index contributed by atoms with van der Waals surface area (Å²) < 4.78 is 13.4. The quantitative estimate of drug-likeness (QED) is 0.175. The Balaban J connectivity index is 1.14. The molecule has 0 aliphatic rings. The molecule has 59 heavy (non-hydrogen) atoms. The highest BCUT2D eigenvalue weighted by atomic mass is 16.3. The van der Waals surface area contributed by atoms with Gasteiger partial charge >= 0.3 is 0 Å². The van der Waals surface area contributed by atoms with Crippen LogP contribution in [0.15, 0.2) is 197 Å². The van der Waals surface area contributed by atoms with Gasteiger partial charge in [-0.25, -0.2) is 0 Å². The number of nitrogens with zero attached hydrogens (tertiary/aromatic N) is 2. The normalized spacial score (nSPS) is 11.6. The van der Waals surface area contributed by atoms with Gasteiger partial charge in [-0.05, 0) is 109 Å². The van der Waals surface area contributed by atoms with E-state index < -0.39 is 0 Å². The van der Waals surface area contributed by atoms with Crippen molar-refractivity contribution in [2.75, 3.05) is 9.80 Å².